The van der Waals surface area contributed by atoms with Gasteiger partial charge in [-0.25, -0.2) is 0 Å². The van der Waals surface area contributed by atoms with Gasteiger partial charge in [0.25, 0.3) is 0 Å². The quantitative estimate of drug-likeness (QED) is 0.298. The van der Waals surface area contributed by atoms with E-state index in [0.29, 0.717) is 0 Å². The molecule has 0 aromatic rings. The third-order valence-corrected chi connectivity index (χ3v) is 3.21. The molecule has 0 saturated heterocycles. The minimum Gasteiger partial charge on any atom is -1.00 e. The van der Waals surface area contributed by atoms with Crippen LogP contribution < -0.4 is 0 Å². The zero-order chi connectivity index (χ0) is 11.2. The molecule has 0 atom stereocenters. The SMILES string of the molecule is CCCCCCCCCCCCCCC.[Ca+2].[H-].[H-]. The molecule has 0 spiro atoms. The Morgan fingerprint density at radius 3 is 0.812 bits per heavy atom. The topological polar surface area (TPSA) is 0 Å². The molecule has 0 saturated carbocycles. The summed E-state index contributed by atoms with van der Waals surface area (Å²) in [5.41, 5.74) is 0. The smallest absolute Gasteiger partial charge is 1.00 e. The molecule has 0 aromatic heterocycles. The van der Waals surface area contributed by atoms with Crippen LogP contribution in [0.2, 0.25) is 0 Å². The predicted octanol–water partition coefficient (Wildman–Crippen LogP) is 5.94. The Kier molecular flexibility index (Phi) is 22.8. The molecule has 0 unspecified atom stereocenters. The minimum absolute atomic E-state index is 0. The minimum atomic E-state index is 0. The van der Waals surface area contributed by atoms with Crippen LogP contribution in [0.15, 0.2) is 0 Å². The van der Waals surface area contributed by atoms with Crippen molar-refractivity contribution < 1.29 is 2.85 Å². The number of hydrogen-bond donors (Lipinski definition) is 0. The van der Waals surface area contributed by atoms with Crippen LogP contribution in [0.3, 0.4) is 0 Å². The van der Waals surface area contributed by atoms with Crippen molar-refractivity contribution in [3.8, 4) is 0 Å². The van der Waals surface area contributed by atoms with Crippen molar-refractivity contribution in [1.82, 2.24) is 0 Å². The second-order valence-corrected chi connectivity index (χ2v) is 4.89. The third kappa shape index (κ3) is 17.6. The fraction of sp³-hybridized carbons (Fsp3) is 1.00. The van der Waals surface area contributed by atoms with Crippen LogP contribution in [0.4, 0.5) is 0 Å². The largest absolute Gasteiger partial charge is 2.00 e. The molecule has 96 valence electrons. The molecular weight excluding hydrogens is 220 g/mol. The maximum atomic E-state index is 2.29. The fourth-order valence-corrected chi connectivity index (χ4v) is 2.09. The Bertz CT molecular complexity index is 98.7. The van der Waals surface area contributed by atoms with Gasteiger partial charge in [0.1, 0.15) is 0 Å². The molecular formula is C15H34Ca. The van der Waals surface area contributed by atoms with E-state index in [1.807, 2.05) is 0 Å². The summed E-state index contributed by atoms with van der Waals surface area (Å²) in [6.45, 7) is 4.58. The standard InChI is InChI=1S/C15H32.Ca.2H/c1-3-5-7-9-11-13-15-14-12-10-8-6-4-2;;;/h3-15H2,1-2H3;;;/q;+2;2*-1. The van der Waals surface area contributed by atoms with Gasteiger partial charge < -0.3 is 2.85 Å². The first-order valence-corrected chi connectivity index (χ1v) is 7.41. The van der Waals surface area contributed by atoms with E-state index in [1.54, 1.807) is 0 Å². The third-order valence-electron chi connectivity index (χ3n) is 3.21. The number of hydrogen-bond acceptors (Lipinski definition) is 0. The van der Waals surface area contributed by atoms with E-state index >= 15 is 0 Å². The molecule has 0 rings (SSSR count). The molecule has 0 aliphatic heterocycles. The van der Waals surface area contributed by atoms with Gasteiger partial charge in [-0.1, -0.05) is 97.3 Å². The van der Waals surface area contributed by atoms with Crippen LogP contribution in [-0.4, -0.2) is 37.7 Å². The van der Waals surface area contributed by atoms with Crippen LogP contribution in [0.1, 0.15) is 100 Å². The summed E-state index contributed by atoms with van der Waals surface area (Å²) in [5.74, 6) is 0. The summed E-state index contributed by atoms with van der Waals surface area (Å²) in [7, 11) is 0. The van der Waals surface area contributed by atoms with Crippen LogP contribution >= 0.6 is 0 Å². The van der Waals surface area contributed by atoms with Gasteiger partial charge in [-0.05, 0) is 0 Å². The Hall–Kier alpha value is 1.26. The maximum absolute atomic E-state index is 2.29. The first kappa shape index (κ1) is 19.6. The normalized spacial score (nSPS) is 10.1. The Morgan fingerprint density at radius 2 is 0.625 bits per heavy atom. The molecule has 0 aliphatic rings. The van der Waals surface area contributed by atoms with E-state index in [2.05, 4.69) is 13.8 Å². The summed E-state index contributed by atoms with van der Waals surface area (Å²) in [4.78, 5) is 0. The zero-order valence-corrected chi connectivity index (χ0v) is 14.1. The zero-order valence-electron chi connectivity index (χ0n) is 13.9. The first-order valence-electron chi connectivity index (χ1n) is 7.41. The molecule has 0 fully saturated rings. The van der Waals surface area contributed by atoms with Crippen molar-refractivity contribution in [1.29, 1.82) is 0 Å². The van der Waals surface area contributed by atoms with Gasteiger partial charge in [-0.15, -0.1) is 0 Å². The van der Waals surface area contributed by atoms with Crippen molar-refractivity contribution in [2.45, 2.75) is 97.3 Å². The van der Waals surface area contributed by atoms with Gasteiger partial charge >= 0.3 is 37.7 Å². The van der Waals surface area contributed by atoms with E-state index in [0.717, 1.165) is 0 Å². The van der Waals surface area contributed by atoms with Crippen molar-refractivity contribution in [2.24, 2.45) is 0 Å². The van der Waals surface area contributed by atoms with Crippen LogP contribution in [0, 0.1) is 0 Å². The van der Waals surface area contributed by atoms with E-state index in [4.69, 9.17) is 0 Å². The molecule has 0 nitrogen and oxygen atoms in total. The number of rotatable bonds is 12. The van der Waals surface area contributed by atoms with E-state index in [-0.39, 0.29) is 40.6 Å². The molecule has 0 aliphatic carbocycles. The number of unbranched alkanes of at least 4 members (excludes halogenated alkanes) is 12. The van der Waals surface area contributed by atoms with Crippen LogP contribution in [0.25, 0.3) is 0 Å². The van der Waals surface area contributed by atoms with Gasteiger partial charge in [0.05, 0.1) is 0 Å². The van der Waals surface area contributed by atoms with Gasteiger partial charge in [-0.2, -0.15) is 0 Å². The Morgan fingerprint density at radius 1 is 0.438 bits per heavy atom. The second kappa shape index (κ2) is 18.6. The average Bonchev–Trinajstić information content (AvgIpc) is 2.26. The molecule has 0 bridgehead atoms. The fourth-order valence-electron chi connectivity index (χ4n) is 2.09. The summed E-state index contributed by atoms with van der Waals surface area (Å²) >= 11 is 0. The summed E-state index contributed by atoms with van der Waals surface area (Å²) in [6, 6.07) is 0. The monoisotopic (exact) mass is 254 g/mol. The molecule has 0 aromatic carbocycles. The van der Waals surface area contributed by atoms with Gasteiger partial charge in [0.2, 0.25) is 0 Å². The summed E-state index contributed by atoms with van der Waals surface area (Å²) < 4.78 is 0. The molecule has 16 heavy (non-hydrogen) atoms. The van der Waals surface area contributed by atoms with E-state index in [1.165, 1.54) is 83.5 Å². The van der Waals surface area contributed by atoms with Gasteiger partial charge in [0.15, 0.2) is 0 Å². The molecule has 0 heterocycles. The molecule has 0 amide bonds. The van der Waals surface area contributed by atoms with Crippen molar-refractivity contribution in [2.75, 3.05) is 0 Å². The van der Waals surface area contributed by atoms with Crippen LogP contribution in [0.5, 0.6) is 0 Å². The molecule has 0 radical (unpaired) electrons. The van der Waals surface area contributed by atoms with Crippen LogP contribution in [-0.2, 0) is 0 Å². The van der Waals surface area contributed by atoms with Crippen molar-refractivity contribution >= 4 is 37.7 Å². The van der Waals surface area contributed by atoms with Gasteiger partial charge in [0, 0.05) is 0 Å². The summed E-state index contributed by atoms with van der Waals surface area (Å²) in [6.07, 6.45) is 18.9. The van der Waals surface area contributed by atoms with Crippen molar-refractivity contribution in [3.05, 3.63) is 0 Å². The van der Waals surface area contributed by atoms with Gasteiger partial charge in [-0.3, -0.25) is 0 Å². The Labute approximate surface area is 137 Å². The van der Waals surface area contributed by atoms with Crippen molar-refractivity contribution in [3.63, 3.8) is 0 Å². The first-order chi connectivity index (χ1) is 7.41. The second-order valence-electron chi connectivity index (χ2n) is 4.89. The maximum Gasteiger partial charge on any atom is 2.00 e. The Balaban J connectivity index is -0.000000327. The molecule has 1 heteroatoms. The van der Waals surface area contributed by atoms with E-state index < -0.39 is 0 Å². The summed E-state index contributed by atoms with van der Waals surface area (Å²) in [5, 5.41) is 0. The molecule has 0 N–H and O–H groups in total. The van der Waals surface area contributed by atoms with E-state index in [9.17, 15) is 0 Å². The average molecular weight is 255 g/mol. The predicted molar refractivity (Wildman–Crippen MR) is 79.3 cm³/mol.